The number of hydrazone groups is 1. The highest BCUT2D eigenvalue weighted by Gasteiger charge is 2.17. The Hall–Kier alpha value is -3.94. The highest BCUT2D eigenvalue weighted by Crippen LogP contribution is 2.18. The molecular formula is C21H20N6O2. The van der Waals surface area contributed by atoms with Gasteiger partial charge in [0.05, 0.1) is 12.8 Å². The number of aromatic nitrogens is 4. The van der Waals surface area contributed by atoms with E-state index in [-0.39, 0.29) is 0 Å². The van der Waals surface area contributed by atoms with Gasteiger partial charge in [0.15, 0.2) is 11.2 Å². The SMILES string of the molecule is Cc1cccc(Cn2c(N/N=C/c3ccccc3)nc3c2c(=O)[nH]c(=O)n3C)c1. The number of aromatic amines is 1. The Morgan fingerprint density at radius 3 is 2.69 bits per heavy atom. The lowest BCUT2D eigenvalue weighted by molar-refractivity contribution is 0.808. The third-order valence-electron chi connectivity index (χ3n) is 4.61. The normalized spacial score (nSPS) is 11.4. The molecule has 0 saturated carbocycles. The Labute approximate surface area is 166 Å². The number of anilines is 1. The molecule has 0 fully saturated rings. The van der Waals surface area contributed by atoms with Crippen LogP contribution in [-0.2, 0) is 13.6 Å². The first-order chi connectivity index (χ1) is 14.0. The van der Waals surface area contributed by atoms with E-state index in [4.69, 9.17) is 0 Å². The van der Waals surface area contributed by atoms with Crippen molar-refractivity contribution in [3.05, 3.63) is 92.1 Å². The second kappa shape index (κ2) is 7.59. The van der Waals surface area contributed by atoms with Gasteiger partial charge in [-0.2, -0.15) is 10.1 Å². The van der Waals surface area contributed by atoms with Crippen LogP contribution in [0.3, 0.4) is 0 Å². The molecule has 4 rings (SSSR count). The summed E-state index contributed by atoms with van der Waals surface area (Å²) in [6.45, 7) is 2.41. The Kier molecular flexibility index (Phi) is 4.82. The molecular weight excluding hydrogens is 368 g/mol. The van der Waals surface area contributed by atoms with Crippen molar-refractivity contribution < 1.29 is 0 Å². The molecule has 0 radical (unpaired) electrons. The largest absolute Gasteiger partial charge is 0.329 e. The summed E-state index contributed by atoms with van der Waals surface area (Å²) in [4.78, 5) is 31.3. The quantitative estimate of drug-likeness (QED) is 0.405. The third kappa shape index (κ3) is 3.73. The minimum Gasteiger partial charge on any atom is -0.298 e. The zero-order chi connectivity index (χ0) is 20.4. The number of benzene rings is 2. The molecule has 29 heavy (non-hydrogen) atoms. The maximum atomic E-state index is 12.5. The standard InChI is InChI=1S/C21H20N6O2/c1-14-7-6-10-16(11-14)13-27-17-18(26(2)21(29)24-19(17)28)23-20(27)25-22-12-15-8-4-3-5-9-15/h3-12H,13H2,1-2H3,(H,23,25)(H,24,28,29)/b22-12+. The Morgan fingerprint density at radius 1 is 1.14 bits per heavy atom. The molecule has 0 atom stereocenters. The predicted octanol–water partition coefficient (Wildman–Crippen LogP) is 2.23. The smallest absolute Gasteiger partial charge is 0.298 e. The minimum absolute atomic E-state index is 0.295. The number of H-pyrrole nitrogens is 1. The Balaban J connectivity index is 1.80. The van der Waals surface area contributed by atoms with Crippen LogP contribution in [0.25, 0.3) is 11.2 Å². The van der Waals surface area contributed by atoms with E-state index in [0.717, 1.165) is 16.7 Å². The highest BCUT2D eigenvalue weighted by atomic mass is 16.2. The van der Waals surface area contributed by atoms with Gasteiger partial charge in [0, 0.05) is 7.05 Å². The minimum atomic E-state index is -0.512. The summed E-state index contributed by atoms with van der Waals surface area (Å²) in [5.41, 5.74) is 5.57. The van der Waals surface area contributed by atoms with Crippen molar-refractivity contribution >= 4 is 23.3 Å². The zero-order valence-corrected chi connectivity index (χ0v) is 16.1. The molecule has 0 bridgehead atoms. The summed E-state index contributed by atoms with van der Waals surface area (Å²) < 4.78 is 3.04. The number of nitrogens with one attached hydrogen (secondary N) is 2. The summed E-state index contributed by atoms with van der Waals surface area (Å²) in [5.74, 6) is 0.375. The van der Waals surface area contributed by atoms with Crippen LogP contribution in [-0.4, -0.2) is 25.3 Å². The number of hydrogen-bond donors (Lipinski definition) is 2. The first-order valence-electron chi connectivity index (χ1n) is 9.12. The van der Waals surface area contributed by atoms with Gasteiger partial charge in [-0.25, -0.2) is 10.2 Å². The average Bonchev–Trinajstić information content (AvgIpc) is 3.06. The maximum Gasteiger partial charge on any atom is 0.329 e. The third-order valence-corrected chi connectivity index (χ3v) is 4.61. The fraction of sp³-hybridized carbons (Fsp3) is 0.143. The average molecular weight is 388 g/mol. The van der Waals surface area contributed by atoms with Crippen molar-refractivity contribution in [2.45, 2.75) is 13.5 Å². The van der Waals surface area contributed by atoms with Gasteiger partial charge >= 0.3 is 5.69 Å². The first-order valence-corrected chi connectivity index (χ1v) is 9.12. The van der Waals surface area contributed by atoms with Crippen LogP contribution >= 0.6 is 0 Å². The number of imidazole rings is 1. The Morgan fingerprint density at radius 2 is 1.93 bits per heavy atom. The van der Waals surface area contributed by atoms with E-state index in [0.29, 0.717) is 23.7 Å². The molecule has 0 aliphatic heterocycles. The summed E-state index contributed by atoms with van der Waals surface area (Å²) in [7, 11) is 1.57. The molecule has 4 aromatic rings. The topological polar surface area (TPSA) is 97.1 Å². The van der Waals surface area contributed by atoms with Crippen molar-refractivity contribution in [2.24, 2.45) is 12.1 Å². The van der Waals surface area contributed by atoms with E-state index in [1.54, 1.807) is 17.8 Å². The van der Waals surface area contributed by atoms with Crippen LogP contribution < -0.4 is 16.7 Å². The van der Waals surface area contributed by atoms with E-state index in [9.17, 15) is 9.59 Å². The molecule has 2 aromatic carbocycles. The maximum absolute atomic E-state index is 12.5. The molecule has 2 aromatic heterocycles. The van der Waals surface area contributed by atoms with Gasteiger partial charge in [0.25, 0.3) is 5.56 Å². The van der Waals surface area contributed by atoms with Gasteiger partial charge in [0.1, 0.15) is 0 Å². The molecule has 0 spiro atoms. The molecule has 2 heterocycles. The van der Waals surface area contributed by atoms with E-state index < -0.39 is 11.2 Å². The molecule has 8 nitrogen and oxygen atoms in total. The molecule has 0 saturated heterocycles. The number of aryl methyl sites for hydroxylation is 2. The Bertz CT molecular complexity index is 1310. The number of rotatable bonds is 5. The van der Waals surface area contributed by atoms with Crippen molar-refractivity contribution in [1.82, 2.24) is 19.1 Å². The van der Waals surface area contributed by atoms with Crippen LogP contribution in [0.4, 0.5) is 5.95 Å². The summed E-state index contributed by atoms with van der Waals surface area (Å²) in [6.07, 6.45) is 1.67. The monoisotopic (exact) mass is 388 g/mol. The van der Waals surface area contributed by atoms with Gasteiger partial charge in [-0.1, -0.05) is 60.2 Å². The van der Waals surface area contributed by atoms with Crippen LogP contribution in [0.1, 0.15) is 16.7 Å². The van der Waals surface area contributed by atoms with E-state index in [1.807, 2.05) is 61.5 Å². The van der Waals surface area contributed by atoms with E-state index >= 15 is 0 Å². The zero-order valence-electron chi connectivity index (χ0n) is 16.1. The summed E-state index contributed by atoms with van der Waals surface area (Å²) in [5, 5.41) is 4.25. The molecule has 0 unspecified atom stereocenters. The first kappa shape index (κ1) is 18.4. The molecule has 0 aliphatic carbocycles. The van der Waals surface area contributed by atoms with Gasteiger partial charge in [-0.05, 0) is 18.1 Å². The lowest BCUT2D eigenvalue weighted by Gasteiger charge is -2.09. The van der Waals surface area contributed by atoms with Crippen molar-refractivity contribution in [3.8, 4) is 0 Å². The van der Waals surface area contributed by atoms with Crippen molar-refractivity contribution in [2.75, 3.05) is 5.43 Å². The van der Waals surface area contributed by atoms with Crippen LogP contribution in [0, 0.1) is 6.92 Å². The molecule has 2 N–H and O–H groups in total. The fourth-order valence-electron chi connectivity index (χ4n) is 3.17. The fourth-order valence-corrected chi connectivity index (χ4v) is 3.17. The predicted molar refractivity (Wildman–Crippen MR) is 114 cm³/mol. The van der Waals surface area contributed by atoms with Gasteiger partial charge < -0.3 is 0 Å². The van der Waals surface area contributed by atoms with Crippen LogP contribution in [0.15, 0.2) is 69.3 Å². The van der Waals surface area contributed by atoms with Gasteiger partial charge in [0.2, 0.25) is 5.95 Å². The molecule has 0 amide bonds. The lowest BCUT2D eigenvalue weighted by atomic mass is 10.1. The number of fused-ring (bicyclic) bond motifs is 1. The lowest BCUT2D eigenvalue weighted by Crippen LogP contribution is -2.29. The van der Waals surface area contributed by atoms with Gasteiger partial charge in [-0.15, -0.1) is 0 Å². The number of hydrogen-bond acceptors (Lipinski definition) is 5. The summed E-state index contributed by atoms with van der Waals surface area (Å²) >= 11 is 0. The molecule has 146 valence electrons. The van der Waals surface area contributed by atoms with Crippen LogP contribution in [0.5, 0.6) is 0 Å². The van der Waals surface area contributed by atoms with Gasteiger partial charge in [-0.3, -0.25) is 18.9 Å². The number of nitrogens with zero attached hydrogens (tertiary/aromatic N) is 4. The van der Waals surface area contributed by atoms with Crippen molar-refractivity contribution in [1.29, 1.82) is 0 Å². The van der Waals surface area contributed by atoms with Crippen molar-refractivity contribution in [3.63, 3.8) is 0 Å². The second-order valence-corrected chi connectivity index (χ2v) is 6.78. The van der Waals surface area contributed by atoms with Crippen LogP contribution in [0.2, 0.25) is 0 Å². The summed E-state index contributed by atoms with van der Waals surface area (Å²) in [6, 6.07) is 17.6. The van der Waals surface area contributed by atoms with E-state index in [1.165, 1.54) is 4.57 Å². The van der Waals surface area contributed by atoms with E-state index in [2.05, 4.69) is 20.5 Å². The highest BCUT2D eigenvalue weighted by molar-refractivity contribution is 5.80. The second-order valence-electron chi connectivity index (χ2n) is 6.78. The molecule has 8 heteroatoms. The molecule has 0 aliphatic rings.